The third-order valence-electron chi connectivity index (χ3n) is 6.10. The maximum Gasteiger partial charge on any atom is 0.255 e. The lowest BCUT2D eigenvalue weighted by Crippen LogP contribution is -2.48. The summed E-state index contributed by atoms with van der Waals surface area (Å²) < 4.78 is 5.45. The zero-order chi connectivity index (χ0) is 21.8. The number of nitrogens with one attached hydrogen (secondary N) is 1. The third kappa shape index (κ3) is 5.14. The molecule has 7 heteroatoms. The number of amides is 1. The number of hydrogen-bond donors (Lipinski definition) is 1. The van der Waals surface area contributed by atoms with E-state index in [2.05, 4.69) is 33.9 Å². The van der Waals surface area contributed by atoms with E-state index >= 15 is 0 Å². The molecule has 0 radical (unpaired) electrons. The highest BCUT2D eigenvalue weighted by molar-refractivity contribution is 6.34. The number of anilines is 3. The van der Waals surface area contributed by atoms with Gasteiger partial charge in [0.1, 0.15) is 0 Å². The zero-order valence-electron chi connectivity index (χ0n) is 18.3. The van der Waals surface area contributed by atoms with Crippen LogP contribution in [0.5, 0.6) is 0 Å². The Balaban J connectivity index is 1.43. The van der Waals surface area contributed by atoms with Crippen LogP contribution in [-0.4, -0.2) is 69.3 Å². The molecule has 1 amide bonds. The molecule has 2 aromatic carbocycles. The van der Waals surface area contributed by atoms with Gasteiger partial charge in [-0.05, 0) is 50.2 Å². The normalized spacial score (nSPS) is 17.8. The Bertz CT molecular complexity index is 889. The summed E-state index contributed by atoms with van der Waals surface area (Å²) in [6.45, 7) is 11.5. The Morgan fingerprint density at radius 1 is 0.935 bits per heavy atom. The van der Waals surface area contributed by atoms with Gasteiger partial charge in [0.2, 0.25) is 0 Å². The van der Waals surface area contributed by atoms with Crippen molar-refractivity contribution in [2.45, 2.75) is 19.9 Å². The first kappa shape index (κ1) is 21.9. The monoisotopic (exact) mass is 442 g/mol. The van der Waals surface area contributed by atoms with Gasteiger partial charge in [-0.1, -0.05) is 17.7 Å². The highest BCUT2D eigenvalue weighted by Gasteiger charge is 2.21. The summed E-state index contributed by atoms with van der Waals surface area (Å²) in [6.07, 6.45) is 0. The van der Waals surface area contributed by atoms with Gasteiger partial charge >= 0.3 is 0 Å². The van der Waals surface area contributed by atoms with E-state index in [0.717, 1.165) is 56.3 Å². The molecule has 1 N–H and O–H groups in total. The molecule has 166 valence electrons. The number of nitrogens with zero attached hydrogens (tertiary/aromatic N) is 3. The molecule has 2 aromatic rings. The molecule has 0 unspecified atom stereocenters. The number of rotatable bonds is 5. The number of morpholine rings is 1. The number of halogens is 1. The van der Waals surface area contributed by atoms with Crippen LogP contribution in [0.1, 0.15) is 24.2 Å². The first-order valence-electron chi connectivity index (χ1n) is 11.0. The lowest BCUT2D eigenvalue weighted by atomic mass is 10.1. The SMILES string of the molecule is CC(C)N1CCN(c2ccc(C(=O)Nc3cccc(Cl)c3N3CCOCC3)cc2)CC1. The summed E-state index contributed by atoms with van der Waals surface area (Å²) in [5.41, 5.74) is 3.39. The highest BCUT2D eigenvalue weighted by Crippen LogP contribution is 2.34. The predicted octanol–water partition coefficient (Wildman–Crippen LogP) is 3.96. The lowest BCUT2D eigenvalue weighted by Gasteiger charge is -2.38. The molecule has 0 saturated carbocycles. The average Bonchev–Trinajstić information content (AvgIpc) is 2.80. The summed E-state index contributed by atoms with van der Waals surface area (Å²) in [6, 6.07) is 14.1. The maximum atomic E-state index is 12.9. The second-order valence-corrected chi connectivity index (χ2v) is 8.76. The molecule has 2 aliphatic heterocycles. The van der Waals surface area contributed by atoms with Crippen LogP contribution < -0.4 is 15.1 Å². The molecule has 2 heterocycles. The molecule has 0 spiro atoms. The van der Waals surface area contributed by atoms with Crippen LogP contribution in [-0.2, 0) is 4.74 Å². The minimum Gasteiger partial charge on any atom is -0.378 e. The molecule has 0 aliphatic carbocycles. The predicted molar refractivity (Wildman–Crippen MR) is 128 cm³/mol. The fourth-order valence-electron chi connectivity index (χ4n) is 4.24. The van der Waals surface area contributed by atoms with E-state index < -0.39 is 0 Å². The molecule has 2 fully saturated rings. The Hall–Kier alpha value is -2.28. The lowest BCUT2D eigenvalue weighted by molar-refractivity contribution is 0.102. The van der Waals surface area contributed by atoms with Gasteiger partial charge in [0.15, 0.2) is 0 Å². The van der Waals surface area contributed by atoms with E-state index in [1.54, 1.807) is 0 Å². The fourth-order valence-corrected chi connectivity index (χ4v) is 4.53. The van der Waals surface area contributed by atoms with Crippen LogP contribution in [0.15, 0.2) is 42.5 Å². The standard InChI is InChI=1S/C24H31ClN4O2/c1-18(2)27-10-12-28(13-11-27)20-8-6-19(7-9-20)24(30)26-22-5-3-4-21(25)23(22)29-14-16-31-17-15-29/h3-9,18H,10-17H2,1-2H3,(H,26,30). The molecule has 4 rings (SSSR count). The van der Waals surface area contributed by atoms with Crippen molar-refractivity contribution in [2.24, 2.45) is 0 Å². The van der Waals surface area contributed by atoms with E-state index in [-0.39, 0.29) is 5.91 Å². The van der Waals surface area contributed by atoms with E-state index in [1.165, 1.54) is 0 Å². The number of piperazine rings is 1. The molecule has 2 aliphatic rings. The first-order valence-corrected chi connectivity index (χ1v) is 11.4. The first-order chi connectivity index (χ1) is 15.0. The zero-order valence-corrected chi connectivity index (χ0v) is 19.1. The summed E-state index contributed by atoms with van der Waals surface area (Å²) in [5, 5.41) is 3.69. The van der Waals surface area contributed by atoms with Gasteiger partial charge < -0.3 is 19.9 Å². The summed E-state index contributed by atoms with van der Waals surface area (Å²) in [7, 11) is 0. The van der Waals surface area contributed by atoms with E-state index in [0.29, 0.717) is 29.8 Å². The van der Waals surface area contributed by atoms with Gasteiger partial charge in [-0.2, -0.15) is 0 Å². The molecular formula is C24H31ClN4O2. The largest absolute Gasteiger partial charge is 0.378 e. The fraction of sp³-hybridized carbons (Fsp3) is 0.458. The molecular weight excluding hydrogens is 412 g/mol. The number of para-hydroxylation sites is 1. The maximum absolute atomic E-state index is 12.9. The van der Waals surface area contributed by atoms with Crippen LogP contribution in [0.3, 0.4) is 0 Å². The summed E-state index contributed by atoms with van der Waals surface area (Å²) >= 11 is 6.49. The second kappa shape index (κ2) is 9.90. The Kier molecular flexibility index (Phi) is 7.00. The van der Waals surface area contributed by atoms with Gasteiger partial charge in [-0.15, -0.1) is 0 Å². The number of carbonyl (C=O) groups excluding carboxylic acids is 1. The van der Waals surface area contributed by atoms with Gasteiger partial charge in [-0.25, -0.2) is 0 Å². The van der Waals surface area contributed by atoms with Gasteiger partial charge in [-0.3, -0.25) is 9.69 Å². The highest BCUT2D eigenvalue weighted by atomic mass is 35.5. The van der Waals surface area contributed by atoms with Crippen LogP contribution in [0.25, 0.3) is 0 Å². The molecule has 31 heavy (non-hydrogen) atoms. The van der Waals surface area contributed by atoms with Crippen LogP contribution >= 0.6 is 11.6 Å². The number of ether oxygens (including phenoxy) is 1. The van der Waals surface area contributed by atoms with Crippen LogP contribution in [0, 0.1) is 0 Å². The molecule has 6 nitrogen and oxygen atoms in total. The van der Waals surface area contributed by atoms with Crippen molar-refractivity contribution in [3.63, 3.8) is 0 Å². The van der Waals surface area contributed by atoms with Gasteiger partial charge in [0, 0.05) is 56.6 Å². The quantitative estimate of drug-likeness (QED) is 0.759. The second-order valence-electron chi connectivity index (χ2n) is 8.35. The van der Waals surface area contributed by atoms with Crippen molar-refractivity contribution in [1.82, 2.24) is 4.90 Å². The summed E-state index contributed by atoms with van der Waals surface area (Å²) in [4.78, 5) is 20.0. The van der Waals surface area contributed by atoms with Gasteiger partial charge in [0.05, 0.1) is 29.6 Å². The summed E-state index contributed by atoms with van der Waals surface area (Å²) in [5.74, 6) is -0.132. The van der Waals surface area contributed by atoms with Crippen molar-refractivity contribution in [1.29, 1.82) is 0 Å². The Morgan fingerprint density at radius 2 is 1.61 bits per heavy atom. The minimum absolute atomic E-state index is 0.132. The van der Waals surface area contributed by atoms with Crippen molar-refractivity contribution in [3.05, 3.63) is 53.1 Å². The number of benzene rings is 2. The number of carbonyl (C=O) groups is 1. The third-order valence-corrected chi connectivity index (χ3v) is 6.41. The molecule has 2 saturated heterocycles. The van der Waals surface area contributed by atoms with Crippen LogP contribution in [0.2, 0.25) is 5.02 Å². The van der Waals surface area contributed by atoms with Crippen LogP contribution in [0.4, 0.5) is 17.1 Å². The molecule has 0 aromatic heterocycles. The van der Waals surface area contributed by atoms with Crippen molar-refractivity contribution >= 4 is 34.6 Å². The van der Waals surface area contributed by atoms with Crippen molar-refractivity contribution in [3.8, 4) is 0 Å². The van der Waals surface area contributed by atoms with Gasteiger partial charge in [0.25, 0.3) is 5.91 Å². The van der Waals surface area contributed by atoms with Crippen molar-refractivity contribution in [2.75, 3.05) is 67.6 Å². The topological polar surface area (TPSA) is 48.0 Å². The van der Waals surface area contributed by atoms with E-state index in [4.69, 9.17) is 16.3 Å². The molecule has 0 atom stereocenters. The minimum atomic E-state index is -0.132. The Labute approximate surface area is 189 Å². The molecule has 0 bridgehead atoms. The Morgan fingerprint density at radius 3 is 2.26 bits per heavy atom. The average molecular weight is 443 g/mol. The van der Waals surface area contributed by atoms with Crippen molar-refractivity contribution < 1.29 is 9.53 Å². The smallest absolute Gasteiger partial charge is 0.255 e. The van der Waals surface area contributed by atoms with E-state index in [1.807, 2.05) is 42.5 Å². The van der Waals surface area contributed by atoms with E-state index in [9.17, 15) is 4.79 Å². The number of hydrogen-bond acceptors (Lipinski definition) is 5.